The molecule has 3 heteroatoms. The van der Waals surface area contributed by atoms with Crippen molar-refractivity contribution in [3.8, 4) is 0 Å². The predicted octanol–water partition coefficient (Wildman–Crippen LogP) is 2.41. The minimum atomic E-state index is -0.768. The first-order chi connectivity index (χ1) is 6.50. The fourth-order valence-corrected chi connectivity index (χ4v) is 1.49. The summed E-state index contributed by atoms with van der Waals surface area (Å²) < 4.78 is 0. The summed E-state index contributed by atoms with van der Waals surface area (Å²) in [4.78, 5) is 11.0. The van der Waals surface area contributed by atoms with E-state index in [1.54, 1.807) is 6.92 Å². The van der Waals surface area contributed by atoms with Crippen LogP contribution in [0.3, 0.4) is 0 Å². The van der Waals surface area contributed by atoms with E-state index in [4.69, 9.17) is 5.11 Å². The number of carboxylic acid groups (broad SMARTS) is 1. The van der Waals surface area contributed by atoms with Gasteiger partial charge in [-0.1, -0.05) is 27.2 Å². The highest BCUT2D eigenvalue weighted by atomic mass is 16.4. The summed E-state index contributed by atoms with van der Waals surface area (Å²) in [6.45, 7) is 7.87. The van der Waals surface area contributed by atoms with Crippen LogP contribution >= 0.6 is 0 Å². The van der Waals surface area contributed by atoms with Crippen LogP contribution in [0.25, 0.3) is 0 Å². The first-order valence-corrected chi connectivity index (χ1v) is 5.51. The van der Waals surface area contributed by atoms with E-state index in [9.17, 15) is 4.79 Å². The lowest BCUT2D eigenvalue weighted by molar-refractivity contribution is -0.144. The van der Waals surface area contributed by atoms with Gasteiger partial charge in [0.1, 0.15) is 5.54 Å². The first kappa shape index (κ1) is 13.4. The molecule has 0 heterocycles. The number of hydrogen-bond donors (Lipinski definition) is 2. The smallest absolute Gasteiger partial charge is 0.323 e. The second-order valence-electron chi connectivity index (χ2n) is 4.03. The summed E-state index contributed by atoms with van der Waals surface area (Å²) in [6.07, 6.45) is 3.73. The van der Waals surface area contributed by atoms with Crippen LogP contribution in [0.15, 0.2) is 0 Å². The van der Waals surface area contributed by atoms with Crippen molar-refractivity contribution < 1.29 is 9.90 Å². The van der Waals surface area contributed by atoms with E-state index in [-0.39, 0.29) is 0 Å². The fourth-order valence-electron chi connectivity index (χ4n) is 1.49. The Balaban J connectivity index is 4.34. The quantitative estimate of drug-likeness (QED) is 0.665. The number of hydrogen-bond acceptors (Lipinski definition) is 2. The average Bonchev–Trinajstić information content (AvgIpc) is 2.16. The van der Waals surface area contributed by atoms with Crippen LogP contribution in [-0.2, 0) is 4.79 Å². The minimum Gasteiger partial charge on any atom is -0.480 e. The molecule has 0 aliphatic rings. The monoisotopic (exact) mass is 201 g/mol. The molecule has 0 bridgehead atoms. The van der Waals surface area contributed by atoms with Gasteiger partial charge >= 0.3 is 5.97 Å². The summed E-state index contributed by atoms with van der Waals surface area (Å²) in [7, 11) is 0. The predicted molar refractivity (Wildman–Crippen MR) is 58.5 cm³/mol. The SMILES string of the molecule is CCCC(CC)NC(C)(CC)C(=O)O. The van der Waals surface area contributed by atoms with Crippen molar-refractivity contribution in [2.24, 2.45) is 0 Å². The maximum absolute atomic E-state index is 11.0. The van der Waals surface area contributed by atoms with E-state index in [0.29, 0.717) is 12.5 Å². The third kappa shape index (κ3) is 3.66. The van der Waals surface area contributed by atoms with Crippen molar-refractivity contribution in [1.29, 1.82) is 0 Å². The Kier molecular flexibility index (Phi) is 5.77. The molecule has 0 spiro atoms. The highest BCUT2D eigenvalue weighted by Crippen LogP contribution is 2.13. The minimum absolute atomic E-state index is 0.320. The number of carboxylic acids is 1. The van der Waals surface area contributed by atoms with E-state index in [2.05, 4.69) is 19.2 Å². The topological polar surface area (TPSA) is 49.3 Å². The third-order valence-corrected chi connectivity index (χ3v) is 2.83. The normalized spacial score (nSPS) is 17.4. The Morgan fingerprint density at radius 1 is 1.43 bits per heavy atom. The van der Waals surface area contributed by atoms with Gasteiger partial charge in [-0.2, -0.15) is 0 Å². The summed E-state index contributed by atoms with van der Waals surface area (Å²) in [5, 5.41) is 12.3. The van der Waals surface area contributed by atoms with Gasteiger partial charge in [0, 0.05) is 6.04 Å². The van der Waals surface area contributed by atoms with Gasteiger partial charge in [-0.15, -0.1) is 0 Å². The molecular formula is C11H23NO2. The van der Waals surface area contributed by atoms with Gasteiger partial charge in [-0.25, -0.2) is 0 Å². The molecule has 3 nitrogen and oxygen atoms in total. The van der Waals surface area contributed by atoms with E-state index in [0.717, 1.165) is 19.3 Å². The van der Waals surface area contributed by atoms with Gasteiger partial charge in [0.15, 0.2) is 0 Å². The highest BCUT2D eigenvalue weighted by Gasteiger charge is 2.32. The molecule has 0 saturated carbocycles. The van der Waals surface area contributed by atoms with Crippen molar-refractivity contribution in [3.63, 3.8) is 0 Å². The van der Waals surface area contributed by atoms with Gasteiger partial charge < -0.3 is 5.11 Å². The van der Waals surface area contributed by atoms with Crippen molar-refractivity contribution in [2.75, 3.05) is 0 Å². The molecule has 0 aliphatic heterocycles. The lowest BCUT2D eigenvalue weighted by atomic mass is 9.96. The van der Waals surface area contributed by atoms with Gasteiger partial charge in [0.25, 0.3) is 0 Å². The summed E-state index contributed by atoms with van der Waals surface area (Å²) in [5.74, 6) is -0.755. The number of aliphatic carboxylic acids is 1. The van der Waals surface area contributed by atoms with E-state index in [1.165, 1.54) is 0 Å². The van der Waals surface area contributed by atoms with Crippen LogP contribution in [0.2, 0.25) is 0 Å². The second-order valence-corrected chi connectivity index (χ2v) is 4.03. The third-order valence-electron chi connectivity index (χ3n) is 2.83. The van der Waals surface area contributed by atoms with Crippen LogP contribution < -0.4 is 5.32 Å². The Labute approximate surface area is 86.9 Å². The standard InChI is InChI=1S/C11H23NO2/c1-5-8-9(6-2)12-11(4,7-3)10(13)14/h9,12H,5-8H2,1-4H3,(H,13,14). The molecule has 0 rings (SSSR count). The van der Waals surface area contributed by atoms with Gasteiger partial charge in [-0.05, 0) is 26.2 Å². The van der Waals surface area contributed by atoms with E-state index in [1.807, 2.05) is 6.92 Å². The first-order valence-electron chi connectivity index (χ1n) is 5.51. The van der Waals surface area contributed by atoms with E-state index >= 15 is 0 Å². The van der Waals surface area contributed by atoms with Crippen molar-refractivity contribution in [1.82, 2.24) is 5.32 Å². The Morgan fingerprint density at radius 3 is 2.29 bits per heavy atom. The molecule has 84 valence electrons. The zero-order chi connectivity index (χ0) is 11.2. The maximum atomic E-state index is 11.0. The number of rotatable bonds is 7. The summed E-state index contributed by atoms with van der Waals surface area (Å²) >= 11 is 0. The fraction of sp³-hybridized carbons (Fsp3) is 0.909. The molecule has 2 N–H and O–H groups in total. The van der Waals surface area contributed by atoms with Gasteiger partial charge in [-0.3, -0.25) is 10.1 Å². The molecule has 0 aliphatic carbocycles. The van der Waals surface area contributed by atoms with Crippen LogP contribution in [0.4, 0.5) is 0 Å². The molecule has 14 heavy (non-hydrogen) atoms. The molecule has 0 aromatic heterocycles. The Morgan fingerprint density at radius 2 is 2.00 bits per heavy atom. The van der Waals surface area contributed by atoms with Crippen LogP contribution in [0.5, 0.6) is 0 Å². The number of nitrogens with one attached hydrogen (secondary N) is 1. The zero-order valence-corrected chi connectivity index (χ0v) is 9.76. The van der Waals surface area contributed by atoms with Gasteiger partial charge in [0.05, 0.1) is 0 Å². The Bertz CT molecular complexity index is 182. The van der Waals surface area contributed by atoms with E-state index < -0.39 is 11.5 Å². The van der Waals surface area contributed by atoms with Crippen molar-refractivity contribution >= 4 is 5.97 Å². The zero-order valence-electron chi connectivity index (χ0n) is 9.76. The second kappa shape index (κ2) is 6.02. The number of carbonyl (C=O) groups is 1. The molecule has 0 saturated heterocycles. The summed E-state index contributed by atoms with van der Waals surface area (Å²) in [6, 6.07) is 0.320. The van der Waals surface area contributed by atoms with Gasteiger partial charge in [0.2, 0.25) is 0 Å². The lowest BCUT2D eigenvalue weighted by Crippen LogP contribution is -2.53. The summed E-state index contributed by atoms with van der Waals surface area (Å²) in [5.41, 5.74) is -0.768. The van der Waals surface area contributed by atoms with Crippen LogP contribution in [0, 0.1) is 0 Å². The van der Waals surface area contributed by atoms with Crippen LogP contribution in [0.1, 0.15) is 53.4 Å². The molecule has 2 atom stereocenters. The largest absolute Gasteiger partial charge is 0.480 e. The molecule has 0 amide bonds. The Hall–Kier alpha value is -0.570. The highest BCUT2D eigenvalue weighted by molar-refractivity contribution is 5.78. The van der Waals surface area contributed by atoms with Crippen LogP contribution in [-0.4, -0.2) is 22.7 Å². The van der Waals surface area contributed by atoms with Crippen molar-refractivity contribution in [2.45, 2.75) is 65.0 Å². The maximum Gasteiger partial charge on any atom is 0.323 e. The average molecular weight is 201 g/mol. The van der Waals surface area contributed by atoms with Crippen molar-refractivity contribution in [3.05, 3.63) is 0 Å². The molecule has 0 aromatic rings. The molecule has 0 radical (unpaired) electrons. The lowest BCUT2D eigenvalue weighted by Gasteiger charge is -2.30. The molecule has 0 aromatic carbocycles. The molecular weight excluding hydrogens is 178 g/mol. The molecule has 0 fully saturated rings. The molecule has 2 unspecified atom stereocenters.